The van der Waals surface area contributed by atoms with E-state index in [-0.39, 0.29) is 12.2 Å². The number of Topliss-reactive ketones (excluding diaryl/α,β-unsaturated/α-hetero) is 1. The lowest BCUT2D eigenvalue weighted by molar-refractivity contribution is -0.116. The molecule has 1 N–H and O–H groups in total. The number of nitrogens with one attached hydrogen (secondary N) is 1. The van der Waals surface area contributed by atoms with Gasteiger partial charge in [0.25, 0.3) is 0 Å². The van der Waals surface area contributed by atoms with Crippen LogP contribution in [0.25, 0.3) is 0 Å². The zero-order chi connectivity index (χ0) is 20.2. The molecule has 2 aromatic rings. The highest BCUT2D eigenvalue weighted by Crippen LogP contribution is 2.25. The van der Waals surface area contributed by atoms with Gasteiger partial charge in [0, 0.05) is 24.2 Å². The number of hydrogen-bond donors (Lipinski definition) is 1. The van der Waals surface area contributed by atoms with Gasteiger partial charge in [-0.05, 0) is 31.2 Å². The van der Waals surface area contributed by atoms with E-state index >= 15 is 0 Å². The molecule has 1 amide bonds. The molecule has 6 nitrogen and oxygen atoms in total. The highest BCUT2D eigenvalue weighted by atomic mass is 32.2. The van der Waals surface area contributed by atoms with E-state index in [1.165, 1.54) is 13.0 Å². The van der Waals surface area contributed by atoms with E-state index in [0.717, 1.165) is 24.5 Å². The van der Waals surface area contributed by atoms with Gasteiger partial charge in [-0.2, -0.15) is 0 Å². The summed E-state index contributed by atoms with van der Waals surface area (Å²) >= 11 is 0. The molecule has 144 valence electrons. The Morgan fingerprint density at radius 3 is 2.22 bits per heavy atom. The van der Waals surface area contributed by atoms with Gasteiger partial charge in [0.2, 0.25) is 15.9 Å². The lowest BCUT2D eigenvalue weighted by atomic mass is 10.1. The van der Waals surface area contributed by atoms with Crippen LogP contribution in [0.1, 0.15) is 23.7 Å². The largest absolute Gasteiger partial charge is 0.326 e. The van der Waals surface area contributed by atoms with Crippen LogP contribution in [0, 0.1) is 11.6 Å². The molecule has 0 bridgehead atoms. The standard InChI is InChI=1S/C18H18F2N2O4S/c1-12(23)13-5-3-6-14(11-13)21-17(24)9-10-22(27(2,25)26)18-15(19)7-4-8-16(18)20/h3-8,11H,9-10H2,1-2H3,(H,21,24). The third kappa shape index (κ3) is 5.33. The maximum atomic E-state index is 13.9. The van der Waals surface area contributed by atoms with Crippen LogP contribution in [0.15, 0.2) is 42.5 Å². The van der Waals surface area contributed by atoms with E-state index in [9.17, 15) is 26.8 Å². The Hall–Kier alpha value is -2.81. The topological polar surface area (TPSA) is 83.6 Å². The van der Waals surface area contributed by atoms with Crippen LogP contribution < -0.4 is 9.62 Å². The third-order valence-electron chi connectivity index (χ3n) is 3.68. The van der Waals surface area contributed by atoms with Crippen molar-refractivity contribution in [2.75, 3.05) is 22.4 Å². The van der Waals surface area contributed by atoms with Crippen molar-refractivity contribution >= 4 is 33.1 Å². The van der Waals surface area contributed by atoms with Crippen LogP contribution in [0.4, 0.5) is 20.2 Å². The lowest BCUT2D eigenvalue weighted by Gasteiger charge is -2.23. The Kier molecular flexibility index (Phi) is 6.27. The van der Waals surface area contributed by atoms with Gasteiger partial charge in [-0.1, -0.05) is 18.2 Å². The fraction of sp³-hybridized carbons (Fsp3) is 0.222. The summed E-state index contributed by atoms with van der Waals surface area (Å²) in [5.74, 6) is -2.84. The van der Waals surface area contributed by atoms with Gasteiger partial charge in [-0.25, -0.2) is 17.2 Å². The molecule has 0 heterocycles. The normalized spacial score (nSPS) is 11.1. The number of nitrogens with zero attached hydrogens (tertiary/aromatic N) is 1. The fourth-order valence-corrected chi connectivity index (χ4v) is 3.34. The number of amides is 1. The van der Waals surface area contributed by atoms with E-state index in [2.05, 4.69) is 5.32 Å². The van der Waals surface area contributed by atoms with Crippen LogP contribution in [0.3, 0.4) is 0 Å². The molecule has 9 heteroatoms. The molecule has 0 saturated carbocycles. The number of anilines is 2. The second-order valence-corrected chi connectivity index (χ2v) is 7.75. The van der Waals surface area contributed by atoms with Crippen molar-refractivity contribution in [2.45, 2.75) is 13.3 Å². The van der Waals surface area contributed by atoms with Crippen molar-refractivity contribution in [1.29, 1.82) is 0 Å². The number of rotatable bonds is 7. The SMILES string of the molecule is CC(=O)c1cccc(NC(=O)CCN(c2c(F)cccc2F)S(C)(=O)=O)c1. The Morgan fingerprint density at radius 2 is 1.67 bits per heavy atom. The van der Waals surface area contributed by atoms with E-state index in [4.69, 9.17) is 0 Å². The Labute approximate surface area is 155 Å². The zero-order valence-corrected chi connectivity index (χ0v) is 15.5. The minimum absolute atomic E-state index is 0.177. The molecule has 27 heavy (non-hydrogen) atoms. The monoisotopic (exact) mass is 396 g/mol. The maximum Gasteiger partial charge on any atom is 0.232 e. The highest BCUT2D eigenvalue weighted by molar-refractivity contribution is 7.92. The number of sulfonamides is 1. The number of halogens is 2. The lowest BCUT2D eigenvalue weighted by Crippen LogP contribution is -2.34. The van der Waals surface area contributed by atoms with Crippen molar-refractivity contribution in [3.63, 3.8) is 0 Å². The van der Waals surface area contributed by atoms with E-state index in [0.29, 0.717) is 15.6 Å². The molecule has 0 aliphatic carbocycles. The van der Waals surface area contributed by atoms with Crippen LogP contribution in [-0.4, -0.2) is 32.9 Å². The molecule has 0 fully saturated rings. The number of carbonyl (C=O) groups excluding carboxylic acids is 2. The molecule has 2 rings (SSSR count). The highest BCUT2D eigenvalue weighted by Gasteiger charge is 2.25. The number of benzene rings is 2. The summed E-state index contributed by atoms with van der Waals surface area (Å²) in [7, 11) is -4.02. The molecular formula is C18H18F2N2O4S. The molecule has 0 unspecified atom stereocenters. The average Bonchev–Trinajstić information content (AvgIpc) is 2.56. The van der Waals surface area contributed by atoms with Crippen LogP contribution >= 0.6 is 0 Å². The fourth-order valence-electron chi connectivity index (χ4n) is 2.41. The van der Waals surface area contributed by atoms with Gasteiger partial charge >= 0.3 is 0 Å². The summed E-state index contributed by atoms with van der Waals surface area (Å²) in [6.07, 6.45) is 0.457. The summed E-state index contributed by atoms with van der Waals surface area (Å²) in [6, 6.07) is 9.20. The molecule has 0 radical (unpaired) electrons. The number of para-hydroxylation sites is 1. The zero-order valence-electron chi connectivity index (χ0n) is 14.7. The van der Waals surface area contributed by atoms with Crippen molar-refractivity contribution in [3.05, 3.63) is 59.7 Å². The van der Waals surface area contributed by atoms with Crippen molar-refractivity contribution < 1.29 is 26.8 Å². The third-order valence-corrected chi connectivity index (χ3v) is 4.85. The summed E-state index contributed by atoms with van der Waals surface area (Å²) in [5, 5.41) is 2.52. The van der Waals surface area contributed by atoms with Gasteiger partial charge in [0.05, 0.1) is 6.26 Å². The first-order chi connectivity index (χ1) is 12.6. The minimum atomic E-state index is -4.02. The minimum Gasteiger partial charge on any atom is -0.326 e. The number of ketones is 1. The van der Waals surface area contributed by atoms with Crippen LogP contribution in [0.2, 0.25) is 0 Å². The molecule has 2 aromatic carbocycles. The first-order valence-corrected chi connectivity index (χ1v) is 9.77. The maximum absolute atomic E-state index is 13.9. The summed E-state index contributed by atoms with van der Waals surface area (Å²) in [6.45, 7) is 0.933. The van der Waals surface area contributed by atoms with Gasteiger partial charge in [-0.3, -0.25) is 13.9 Å². The molecule has 0 aliphatic heterocycles. The summed E-state index contributed by atoms with van der Waals surface area (Å²) in [4.78, 5) is 23.5. The molecule has 0 aromatic heterocycles. The van der Waals surface area contributed by atoms with Gasteiger partial charge < -0.3 is 5.32 Å². The molecule has 0 atom stereocenters. The van der Waals surface area contributed by atoms with Gasteiger partial charge in [-0.15, -0.1) is 0 Å². The van der Waals surface area contributed by atoms with Crippen LogP contribution in [-0.2, 0) is 14.8 Å². The van der Waals surface area contributed by atoms with Crippen molar-refractivity contribution in [1.82, 2.24) is 0 Å². The predicted molar refractivity (Wildman–Crippen MR) is 98.2 cm³/mol. The Balaban J connectivity index is 2.15. The second-order valence-electron chi connectivity index (χ2n) is 5.84. The van der Waals surface area contributed by atoms with E-state index in [1.807, 2.05) is 0 Å². The summed E-state index contributed by atoms with van der Waals surface area (Å²) in [5.41, 5.74) is 0.0287. The quantitative estimate of drug-likeness (QED) is 0.730. The number of carbonyl (C=O) groups is 2. The van der Waals surface area contributed by atoms with E-state index in [1.54, 1.807) is 18.2 Å². The van der Waals surface area contributed by atoms with Crippen LogP contribution in [0.5, 0.6) is 0 Å². The molecular weight excluding hydrogens is 378 g/mol. The smallest absolute Gasteiger partial charge is 0.232 e. The predicted octanol–water partition coefficient (Wildman–Crippen LogP) is 2.96. The Bertz CT molecular complexity index is 957. The second kappa shape index (κ2) is 8.26. The van der Waals surface area contributed by atoms with Gasteiger partial charge in [0.15, 0.2) is 17.4 Å². The Morgan fingerprint density at radius 1 is 1.07 bits per heavy atom. The number of hydrogen-bond acceptors (Lipinski definition) is 4. The average molecular weight is 396 g/mol. The van der Waals surface area contributed by atoms with Crippen molar-refractivity contribution in [2.24, 2.45) is 0 Å². The first kappa shape index (κ1) is 20.5. The summed E-state index contributed by atoms with van der Waals surface area (Å²) < 4.78 is 52.3. The van der Waals surface area contributed by atoms with Crippen molar-refractivity contribution in [3.8, 4) is 0 Å². The van der Waals surface area contributed by atoms with Gasteiger partial charge in [0.1, 0.15) is 5.69 Å². The molecule has 0 aliphatic rings. The molecule has 0 spiro atoms. The van der Waals surface area contributed by atoms with E-state index < -0.39 is 39.8 Å². The first-order valence-electron chi connectivity index (χ1n) is 7.92. The molecule has 0 saturated heterocycles.